The molecule has 0 fully saturated rings. The van der Waals surface area contributed by atoms with Crippen molar-refractivity contribution >= 4 is 11.6 Å². The van der Waals surface area contributed by atoms with E-state index in [1.54, 1.807) is 7.11 Å². The molecule has 5 nitrogen and oxygen atoms in total. The third-order valence-electron chi connectivity index (χ3n) is 4.69. The van der Waals surface area contributed by atoms with E-state index in [0.29, 0.717) is 5.56 Å². The molecular formula is C18H19N3O2. The smallest absolute Gasteiger partial charge is 0.255 e. The number of carbonyl (C=O) groups excluding carboxylic acids is 1. The number of ether oxygens (including phenoxy) is 1. The highest BCUT2D eigenvalue weighted by Gasteiger charge is 2.36. The van der Waals surface area contributed by atoms with Crippen LogP contribution in [0.2, 0.25) is 0 Å². The molecule has 1 amide bonds. The summed E-state index contributed by atoms with van der Waals surface area (Å²) in [5.41, 5.74) is 10.0. The number of methoxy groups -OCH3 is 1. The Morgan fingerprint density at radius 2 is 2.00 bits per heavy atom. The molecule has 0 spiro atoms. The largest absolute Gasteiger partial charge is 0.497 e. The van der Waals surface area contributed by atoms with E-state index in [0.717, 1.165) is 35.5 Å². The van der Waals surface area contributed by atoms with Crippen LogP contribution in [-0.4, -0.2) is 19.6 Å². The van der Waals surface area contributed by atoms with Gasteiger partial charge in [-0.1, -0.05) is 24.3 Å². The van der Waals surface area contributed by atoms with Gasteiger partial charge in [0.25, 0.3) is 5.91 Å². The van der Waals surface area contributed by atoms with Gasteiger partial charge in [-0.2, -0.15) is 0 Å². The lowest BCUT2D eigenvalue weighted by atomic mass is 9.90. The predicted octanol–water partition coefficient (Wildman–Crippen LogP) is 2.35. The lowest BCUT2D eigenvalue weighted by Gasteiger charge is -2.44. The Kier molecular flexibility index (Phi) is 3.23. The normalized spacial score (nSPS) is 22.3. The van der Waals surface area contributed by atoms with Gasteiger partial charge in [0.1, 0.15) is 11.9 Å². The van der Waals surface area contributed by atoms with Gasteiger partial charge in [0.05, 0.1) is 18.4 Å². The van der Waals surface area contributed by atoms with Crippen LogP contribution in [0.3, 0.4) is 0 Å². The Hall–Kier alpha value is -2.53. The van der Waals surface area contributed by atoms with Gasteiger partial charge in [0, 0.05) is 12.6 Å². The maximum absolute atomic E-state index is 12.5. The second-order valence-electron chi connectivity index (χ2n) is 5.98. The summed E-state index contributed by atoms with van der Waals surface area (Å²) in [6, 6.07) is 13.6. The lowest BCUT2D eigenvalue weighted by Crippen LogP contribution is -2.49. The van der Waals surface area contributed by atoms with E-state index in [1.165, 1.54) is 0 Å². The van der Waals surface area contributed by atoms with Gasteiger partial charge in [0.2, 0.25) is 0 Å². The van der Waals surface area contributed by atoms with Gasteiger partial charge in [-0.3, -0.25) is 4.79 Å². The molecule has 2 aliphatic heterocycles. The first-order chi connectivity index (χ1) is 11.2. The van der Waals surface area contributed by atoms with Crippen molar-refractivity contribution in [2.75, 3.05) is 18.6 Å². The number of rotatable bonds is 2. The second kappa shape index (κ2) is 5.28. The first-order valence-corrected chi connectivity index (χ1v) is 7.79. The predicted molar refractivity (Wildman–Crippen MR) is 88.5 cm³/mol. The van der Waals surface area contributed by atoms with Crippen molar-refractivity contribution in [2.45, 2.75) is 18.6 Å². The summed E-state index contributed by atoms with van der Waals surface area (Å²) in [5.74, 6) is 0.755. The molecule has 2 aromatic rings. The second-order valence-corrected chi connectivity index (χ2v) is 5.98. The minimum absolute atomic E-state index is 0.0105. The van der Waals surface area contributed by atoms with E-state index in [2.05, 4.69) is 10.2 Å². The molecule has 2 atom stereocenters. The Morgan fingerprint density at radius 3 is 2.74 bits per heavy atom. The highest BCUT2D eigenvalue weighted by atomic mass is 16.5. The molecule has 0 aromatic heterocycles. The van der Waals surface area contributed by atoms with Gasteiger partial charge in [-0.05, 0) is 35.7 Å². The summed E-state index contributed by atoms with van der Waals surface area (Å²) < 4.78 is 5.21. The fraction of sp³-hybridized carbons (Fsp3) is 0.278. The van der Waals surface area contributed by atoms with Gasteiger partial charge in [-0.25, -0.2) is 0 Å². The van der Waals surface area contributed by atoms with Crippen LogP contribution in [0.25, 0.3) is 0 Å². The Bertz CT molecular complexity index is 757. The Morgan fingerprint density at radius 1 is 1.22 bits per heavy atom. The SMILES string of the molecule is COc1ccc(C2NC(=O)c3cccc4c3N2CCC4N)cc1. The number of amides is 1. The molecule has 2 unspecified atom stereocenters. The van der Waals surface area contributed by atoms with Crippen molar-refractivity contribution in [3.63, 3.8) is 0 Å². The maximum Gasteiger partial charge on any atom is 0.255 e. The molecule has 0 aliphatic carbocycles. The van der Waals surface area contributed by atoms with Crippen molar-refractivity contribution in [1.29, 1.82) is 0 Å². The third-order valence-corrected chi connectivity index (χ3v) is 4.69. The molecule has 2 aliphatic rings. The monoisotopic (exact) mass is 309 g/mol. The average Bonchev–Trinajstić information content (AvgIpc) is 2.60. The molecule has 3 N–H and O–H groups in total. The van der Waals surface area contributed by atoms with Crippen LogP contribution in [0, 0.1) is 0 Å². The van der Waals surface area contributed by atoms with Crippen LogP contribution in [0.4, 0.5) is 5.69 Å². The number of hydrogen-bond donors (Lipinski definition) is 2. The first kappa shape index (κ1) is 14.1. The van der Waals surface area contributed by atoms with E-state index < -0.39 is 0 Å². The number of nitrogens with two attached hydrogens (primary N) is 1. The number of hydrogen-bond acceptors (Lipinski definition) is 4. The minimum Gasteiger partial charge on any atom is -0.497 e. The van der Waals surface area contributed by atoms with Crippen molar-refractivity contribution in [3.8, 4) is 5.75 Å². The van der Waals surface area contributed by atoms with E-state index >= 15 is 0 Å². The van der Waals surface area contributed by atoms with Crippen LogP contribution >= 0.6 is 0 Å². The van der Waals surface area contributed by atoms with Crippen molar-refractivity contribution < 1.29 is 9.53 Å². The van der Waals surface area contributed by atoms with E-state index in [4.69, 9.17) is 10.5 Å². The van der Waals surface area contributed by atoms with Gasteiger partial charge >= 0.3 is 0 Å². The third kappa shape index (κ3) is 2.16. The quantitative estimate of drug-likeness (QED) is 0.893. The molecule has 0 saturated carbocycles. The number of para-hydroxylation sites is 1. The van der Waals surface area contributed by atoms with E-state index in [9.17, 15) is 4.79 Å². The van der Waals surface area contributed by atoms with Crippen molar-refractivity contribution in [2.24, 2.45) is 5.73 Å². The molecule has 2 heterocycles. The number of nitrogens with zero attached hydrogens (tertiary/aromatic N) is 1. The number of carbonyl (C=O) groups is 1. The van der Waals surface area contributed by atoms with Gasteiger partial charge in [-0.15, -0.1) is 0 Å². The highest BCUT2D eigenvalue weighted by molar-refractivity contribution is 6.03. The minimum atomic E-state index is -0.172. The van der Waals surface area contributed by atoms with Gasteiger partial charge in [0.15, 0.2) is 0 Å². The maximum atomic E-state index is 12.5. The molecule has 4 rings (SSSR count). The summed E-state index contributed by atoms with van der Waals surface area (Å²) in [5, 5.41) is 3.11. The summed E-state index contributed by atoms with van der Waals surface area (Å²) >= 11 is 0. The van der Waals surface area contributed by atoms with Crippen LogP contribution in [0.1, 0.15) is 40.1 Å². The first-order valence-electron chi connectivity index (χ1n) is 7.79. The van der Waals surface area contributed by atoms with Crippen LogP contribution in [0.15, 0.2) is 42.5 Å². The topological polar surface area (TPSA) is 67.6 Å². The fourth-order valence-corrected chi connectivity index (χ4v) is 3.50. The summed E-state index contributed by atoms with van der Waals surface area (Å²) in [6.45, 7) is 0.822. The summed E-state index contributed by atoms with van der Waals surface area (Å²) in [6.07, 6.45) is 0.702. The highest BCUT2D eigenvalue weighted by Crippen LogP contribution is 2.42. The van der Waals surface area contributed by atoms with Gasteiger partial charge < -0.3 is 20.7 Å². The number of benzene rings is 2. The molecular weight excluding hydrogens is 290 g/mol. The average molecular weight is 309 g/mol. The van der Waals surface area contributed by atoms with Crippen LogP contribution in [-0.2, 0) is 0 Å². The molecule has 23 heavy (non-hydrogen) atoms. The summed E-state index contributed by atoms with van der Waals surface area (Å²) in [7, 11) is 1.64. The number of anilines is 1. The van der Waals surface area contributed by atoms with E-state index in [-0.39, 0.29) is 18.1 Å². The number of nitrogens with one attached hydrogen (secondary N) is 1. The standard InChI is InChI=1S/C18H19N3O2/c1-23-12-7-5-11(6-8-12)17-20-18(22)14-4-2-3-13-15(19)9-10-21(17)16(13)14/h2-8,15,17H,9-10,19H2,1H3,(H,20,22). The molecule has 118 valence electrons. The zero-order valence-corrected chi connectivity index (χ0v) is 13.0. The van der Waals surface area contributed by atoms with E-state index in [1.807, 2.05) is 42.5 Å². The Labute approximate surface area is 135 Å². The zero-order chi connectivity index (χ0) is 16.0. The van der Waals surface area contributed by atoms with Crippen LogP contribution in [0.5, 0.6) is 5.75 Å². The lowest BCUT2D eigenvalue weighted by molar-refractivity contribution is 0.0925. The molecule has 5 heteroatoms. The van der Waals surface area contributed by atoms with Crippen LogP contribution < -0.4 is 20.7 Å². The molecule has 0 radical (unpaired) electrons. The molecule has 0 bridgehead atoms. The molecule has 0 saturated heterocycles. The zero-order valence-electron chi connectivity index (χ0n) is 13.0. The summed E-state index contributed by atoms with van der Waals surface area (Å²) in [4.78, 5) is 14.8. The molecule has 2 aromatic carbocycles. The fourth-order valence-electron chi connectivity index (χ4n) is 3.50. The Balaban J connectivity index is 1.80. The van der Waals surface area contributed by atoms with Crippen molar-refractivity contribution in [3.05, 3.63) is 59.2 Å². The van der Waals surface area contributed by atoms with Crippen molar-refractivity contribution in [1.82, 2.24) is 5.32 Å².